The molecule has 2 aromatic heterocycles. The summed E-state index contributed by atoms with van der Waals surface area (Å²) in [5.41, 5.74) is -0.754. The van der Waals surface area contributed by atoms with Crippen LogP contribution in [0.2, 0.25) is 0 Å². The summed E-state index contributed by atoms with van der Waals surface area (Å²) in [5, 5.41) is 5.54. The van der Waals surface area contributed by atoms with Gasteiger partial charge >= 0.3 is 6.18 Å². The number of anilines is 2. The number of halogens is 4. The predicted molar refractivity (Wildman–Crippen MR) is 127 cm³/mol. The van der Waals surface area contributed by atoms with Gasteiger partial charge in [0.15, 0.2) is 5.78 Å². The number of carbonyl (C=O) groups excluding carboxylic acids is 2. The number of Topliss-reactive ketones (excluding diaryl/α,β-unsaturated/α-hetero) is 1. The fourth-order valence-electron chi connectivity index (χ4n) is 3.84. The molecule has 1 saturated heterocycles. The normalized spacial score (nSPS) is 17.6. The highest BCUT2D eigenvalue weighted by atomic mass is 79.9. The quantitative estimate of drug-likeness (QED) is 0.383. The fraction of sp³-hybridized carbons (Fsp3) is 0.292. The Balaban J connectivity index is 1.39. The topological polar surface area (TPSA) is 106 Å². The van der Waals surface area contributed by atoms with Crippen LogP contribution in [0.25, 0.3) is 0 Å². The second-order valence-corrected chi connectivity index (χ2v) is 9.26. The number of pyridine rings is 1. The van der Waals surface area contributed by atoms with Gasteiger partial charge in [0.05, 0.1) is 53.0 Å². The lowest BCUT2D eigenvalue weighted by Gasteiger charge is -2.25. The Morgan fingerprint density at radius 2 is 1.89 bits per heavy atom. The Morgan fingerprint density at radius 1 is 1.11 bits per heavy atom. The van der Waals surface area contributed by atoms with E-state index in [1.807, 2.05) is 0 Å². The van der Waals surface area contributed by atoms with Crippen LogP contribution in [0.3, 0.4) is 0 Å². The van der Waals surface area contributed by atoms with Crippen molar-refractivity contribution in [2.45, 2.75) is 25.6 Å². The first kappa shape index (κ1) is 25.7. The number of nitrogens with one attached hydrogen (secondary N) is 2. The van der Waals surface area contributed by atoms with Gasteiger partial charge in [-0.25, -0.2) is 9.97 Å². The van der Waals surface area contributed by atoms with Crippen molar-refractivity contribution < 1.29 is 27.5 Å². The summed E-state index contributed by atoms with van der Waals surface area (Å²) in [4.78, 5) is 37.6. The molecule has 1 aromatic carbocycles. The summed E-state index contributed by atoms with van der Waals surface area (Å²) in [6.45, 7) is 0.555. The van der Waals surface area contributed by atoms with Crippen molar-refractivity contribution >= 4 is 39.0 Å². The first-order valence-corrected chi connectivity index (χ1v) is 11.7. The molecular formula is C24H21BrF3N5O3. The molecule has 36 heavy (non-hydrogen) atoms. The molecule has 3 aromatic rings. The van der Waals surface area contributed by atoms with Crippen LogP contribution in [0, 0.1) is 5.41 Å². The highest BCUT2D eigenvalue weighted by Gasteiger charge is 2.44. The molecule has 12 heteroatoms. The number of ether oxygens (including phenoxy) is 1. The Kier molecular flexibility index (Phi) is 7.65. The lowest BCUT2D eigenvalue weighted by Crippen LogP contribution is -2.42. The van der Waals surface area contributed by atoms with Crippen LogP contribution in [0.4, 0.5) is 24.5 Å². The van der Waals surface area contributed by atoms with Gasteiger partial charge < -0.3 is 15.4 Å². The average molecular weight is 564 g/mol. The molecule has 1 amide bonds. The molecule has 1 atom stereocenters. The molecule has 188 valence electrons. The molecule has 0 aliphatic carbocycles. The Hall–Kier alpha value is -3.38. The number of aromatic nitrogens is 3. The molecule has 0 unspecified atom stereocenters. The summed E-state index contributed by atoms with van der Waals surface area (Å²) in [7, 11) is 0. The Bertz CT molecular complexity index is 1230. The van der Waals surface area contributed by atoms with Gasteiger partial charge in [-0.2, -0.15) is 13.2 Å². The molecule has 0 radical (unpaired) electrons. The average Bonchev–Trinajstić information content (AvgIpc) is 3.34. The number of alkyl halides is 3. The van der Waals surface area contributed by atoms with Gasteiger partial charge in [-0.3, -0.25) is 14.6 Å². The van der Waals surface area contributed by atoms with Crippen LogP contribution in [-0.4, -0.2) is 39.9 Å². The number of carbonyl (C=O) groups is 2. The van der Waals surface area contributed by atoms with Gasteiger partial charge in [0.25, 0.3) is 0 Å². The smallest absolute Gasteiger partial charge is 0.380 e. The van der Waals surface area contributed by atoms with Crippen LogP contribution in [0.1, 0.15) is 34.5 Å². The molecule has 2 N–H and O–H groups in total. The van der Waals surface area contributed by atoms with E-state index in [0.717, 1.165) is 6.07 Å². The number of rotatable bonds is 8. The van der Waals surface area contributed by atoms with Crippen LogP contribution in [-0.2, 0) is 22.3 Å². The number of hydrogen-bond acceptors (Lipinski definition) is 7. The highest BCUT2D eigenvalue weighted by Crippen LogP contribution is 2.38. The van der Waals surface area contributed by atoms with Crippen molar-refractivity contribution in [2.24, 2.45) is 5.41 Å². The summed E-state index contributed by atoms with van der Waals surface area (Å²) >= 11 is 3.06. The van der Waals surface area contributed by atoms with E-state index >= 15 is 0 Å². The van der Waals surface area contributed by atoms with Gasteiger partial charge in [-0.1, -0.05) is 15.9 Å². The SMILES string of the molecule is O=C(C[C@@]1(C(=O)NCc2ccc(Nc3ccc(Br)cc3C(F)(F)F)cn2)CCOC1)c1cncnc1. The Morgan fingerprint density at radius 3 is 2.53 bits per heavy atom. The van der Waals surface area contributed by atoms with Crippen molar-refractivity contribution in [3.8, 4) is 0 Å². The second kappa shape index (κ2) is 10.7. The van der Waals surface area contributed by atoms with E-state index in [2.05, 4.69) is 41.5 Å². The third-order valence-electron chi connectivity index (χ3n) is 5.79. The zero-order valence-electron chi connectivity index (χ0n) is 18.8. The van der Waals surface area contributed by atoms with E-state index in [1.165, 1.54) is 37.1 Å². The summed E-state index contributed by atoms with van der Waals surface area (Å²) in [6, 6.07) is 7.00. The summed E-state index contributed by atoms with van der Waals surface area (Å²) in [6.07, 6.45) is 1.33. The third kappa shape index (κ3) is 6.05. The molecule has 3 heterocycles. The molecule has 4 rings (SSSR count). The molecule has 1 fully saturated rings. The molecule has 0 bridgehead atoms. The molecule has 0 saturated carbocycles. The minimum Gasteiger partial charge on any atom is -0.380 e. The zero-order valence-corrected chi connectivity index (χ0v) is 20.4. The van der Waals surface area contributed by atoms with Crippen molar-refractivity contribution in [1.29, 1.82) is 0 Å². The van der Waals surface area contributed by atoms with E-state index in [9.17, 15) is 22.8 Å². The van der Waals surface area contributed by atoms with Gasteiger partial charge in [-0.15, -0.1) is 0 Å². The van der Waals surface area contributed by atoms with Crippen LogP contribution < -0.4 is 10.6 Å². The van der Waals surface area contributed by atoms with Gasteiger partial charge in [-0.05, 0) is 36.8 Å². The second-order valence-electron chi connectivity index (χ2n) is 8.34. The molecule has 1 aliphatic rings. The molecule has 0 spiro atoms. The van der Waals surface area contributed by atoms with Crippen LogP contribution in [0.15, 0.2) is 59.7 Å². The maximum atomic E-state index is 13.4. The van der Waals surface area contributed by atoms with Gasteiger partial charge in [0, 0.05) is 29.9 Å². The van der Waals surface area contributed by atoms with E-state index in [0.29, 0.717) is 34.4 Å². The predicted octanol–water partition coefficient (Wildman–Crippen LogP) is 4.69. The van der Waals surface area contributed by atoms with E-state index in [1.54, 1.807) is 12.1 Å². The fourth-order valence-corrected chi connectivity index (χ4v) is 4.20. The Labute approximate surface area is 212 Å². The van der Waals surface area contributed by atoms with E-state index in [4.69, 9.17) is 4.74 Å². The monoisotopic (exact) mass is 563 g/mol. The van der Waals surface area contributed by atoms with Crippen LogP contribution >= 0.6 is 15.9 Å². The maximum absolute atomic E-state index is 13.4. The lowest BCUT2D eigenvalue weighted by atomic mass is 9.80. The molecule has 1 aliphatic heterocycles. The minimum absolute atomic E-state index is 0.0444. The first-order valence-electron chi connectivity index (χ1n) is 10.9. The standard InChI is InChI=1S/C24H21BrF3N5O3/c25-16-1-4-20(19(7-16)24(26,27)28)33-18-3-2-17(31-12-18)11-32-22(35)23(5-6-36-13-23)8-21(34)15-9-29-14-30-10-15/h1-4,7,9-10,12,14,33H,5-6,8,11,13H2,(H,32,35)/t23-/m0/s1. The van der Waals surface area contributed by atoms with E-state index < -0.39 is 17.2 Å². The van der Waals surface area contributed by atoms with Crippen molar-refractivity contribution in [2.75, 3.05) is 18.5 Å². The third-order valence-corrected chi connectivity index (χ3v) is 6.28. The number of ketones is 1. The van der Waals surface area contributed by atoms with Crippen molar-refractivity contribution in [1.82, 2.24) is 20.3 Å². The number of benzene rings is 1. The minimum atomic E-state index is -4.53. The van der Waals surface area contributed by atoms with Gasteiger partial charge in [0.2, 0.25) is 5.91 Å². The number of amides is 1. The zero-order chi connectivity index (χ0) is 25.8. The number of nitrogens with zero attached hydrogens (tertiary/aromatic N) is 3. The molecule has 8 nitrogen and oxygen atoms in total. The van der Waals surface area contributed by atoms with Crippen LogP contribution in [0.5, 0.6) is 0 Å². The largest absolute Gasteiger partial charge is 0.418 e. The first-order chi connectivity index (χ1) is 17.2. The summed E-state index contributed by atoms with van der Waals surface area (Å²) in [5.74, 6) is -0.588. The number of hydrogen-bond donors (Lipinski definition) is 2. The lowest BCUT2D eigenvalue weighted by molar-refractivity contribution is -0.137. The van der Waals surface area contributed by atoms with E-state index in [-0.39, 0.29) is 37.0 Å². The summed E-state index contributed by atoms with van der Waals surface area (Å²) < 4.78 is 45.8. The van der Waals surface area contributed by atoms with Crippen molar-refractivity contribution in [3.63, 3.8) is 0 Å². The van der Waals surface area contributed by atoms with Crippen molar-refractivity contribution in [3.05, 3.63) is 76.5 Å². The van der Waals surface area contributed by atoms with Gasteiger partial charge in [0.1, 0.15) is 6.33 Å². The maximum Gasteiger partial charge on any atom is 0.418 e. The highest BCUT2D eigenvalue weighted by molar-refractivity contribution is 9.10. The molecular weight excluding hydrogens is 543 g/mol.